The average Bonchev–Trinajstić information content (AvgIpc) is 2.55. The summed E-state index contributed by atoms with van der Waals surface area (Å²) in [5, 5.41) is 1.75. The molecule has 3 rings (SSSR count). The molecule has 1 aromatic heterocycles. The lowest BCUT2D eigenvalue weighted by atomic mass is 10.1. The van der Waals surface area contributed by atoms with Gasteiger partial charge in [-0.2, -0.15) is 0 Å². The van der Waals surface area contributed by atoms with Crippen LogP contribution in [0, 0.1) is 0 Å². The fraction of sp³-hybridized carbons (Fsp3) is 0.118. The van der Waals surface area contributed by atoms with E-state index >= 15 is 0 Å². The van der Waals surface area contributed by atoms with Crippen molar-refractivity contribution in [1.82, 2.24) is 4.98 Å². The molecule has 0 bridgehead atoms. The van der Waals surface area contributed by atoms with Crippen LogP contribution >= 0.6 is 23.4 Å². The Morgan fingerprint density at radius 3 is 2.67 bits per heavy atom. The van der Waals surface area contributed by atoms with Crippen molar-refractivity contribution in [1.29, 1.82) is 0 Å². The van der Waals surface area contributed by atoms with Crippen LogP contribution in [0.25, 0.3) is 10.9 Å². The van der Waals surface area contributed by atoms with Crippen LogP contribution in [-0.4, -0.2) is 12.1 Å². The van der Waals surface area contributed by atoms with Gasteiger partial charge in [-0.3, -0.25) is 4.98 Å². The van der Waals surface area contributed by atoms with Gasteiger partial charge in [-0.15, -0.1) is 11.8 Å². The van der Waals surface area contributed by atoms with E-state index in [-0.39, 0.29) is 0 Å². The first-order chi connectivity index (χ1) is 10.3. The van der Waals surface area contributed by atoms with Crippen molar-refractivity contribution in [2.45, 2.75) is 10.6 Å². The topological polar surface area (TPSA) is 22.1 Å². The van der Waals surface area contributed by atoms with Crippen molar-refractivity contribution in [2.75, 3.05) is 7.11 Å². The molecule has 0 atom stereocenters. The van der Waals surface area contributed by atoms with Crippen molar-refractivity contribution in [2.24, 2.45) is 0 Å². The van der Waals surface area contributed by atoms with Crippen molar-refractivity contribution in [3.63, 3.8) is 0 Å². The molecule has 2 nitrogen and oxygen atoms in total. The molecule has 0 fully saturated rings. The summed E-state index contributed by atoms with van der Waals surface area (Å²) >= 11 is 7.99. The third-order valence-corrected chi connectivity index (χ3v) is 4.64. The van der Waals surface area contributed by atoms with Crippen LogP contribution in [0.5, 0.6) is 5.75 Å². The molecule has 106 valence electrons. The van der Waals surface area contributed by atoms with Crippen molar-refractivity contribution in [3.05, 3.63) is 65.3 Å². The van der Waals surface area contributed by atoms with Gasteiger partial charge in [-0.1, -0.05) is 17.7 Å². The molecule has 4 heteroatoms. The zero-order valence-corrected chi connectivity index (χ0v) is 13.1. The highest BCUT2D eigenvalue weighted by Gasteiger charge is 2.06. The molecule has 0 aliphatic rings. The van der Waals surface area contributed by atoms with E-state index in [2.05, 4.69) is 17.1 Å². The first-order valence-corrected chi connectivity index (χ1v) is 7.93. The standard InChI is InChI=1S/C17H14ClNOS/c1-20-13-5-7-14(8-6-13)21-11-12-4-9-16(18)15-3-2-10-19-17(12)15/h2-10H,11H2,1H3. The van der Waals surface area contributed by atoms with Crippen LogP contribution in [0.4, 0.5) is 0 Å². The number of fused-ring (bicyclic) bond motifs is 1. The minimum atomic E-state index is 0.747. The number of benzene rings is 2. The number of rotatable bonds is 4. The number of hydrogen-bond acceptors (Lipinski definition) is 3. The zero-order valence-electron chi connectivity index (χ0n) is 11.5. The summed E-state index contributed by atoms with van der Waals surface area (Å²) in [5.41, 5.74) is 2.17. The maximum atomic E-state index is 6.22. The van der Waals surface area contributed by atoms with Gasteiger partial charge in [0.2, 0.25) is 0 Å². The Kier molecular flexibility index (Phi) is 4.32. The van der Waals surface area contributed by atoms with E-state index in [0.29, 0.717) is 0 Å². The lowest BCUT2D eigenvalue weighted by Gasteiger charge is -2.07. The van der Waals surface area contributed by atoms with E-state index < -0.39 is 0 Å². The van der Waals surface area contributed by atoms with Gasteiger partial charge in [0.1, 0.15) is 5.75 Å². The Morgan fingerprint density at radius 2 is 1.90 bits per heavy atom. The summed E-state index contributed by atoms with van der Waals surface area (Å²) in [6, 6.07) is 16.0. The lowest BCUT2D eigenvalue weighted by Crippen LogP contribution is -1.88. The molecule has 0 N–H and O–H groups in total. The summed E-state index contributed by atoms with van der Waals surface area (Å²) in [7, 11) is 1.67. The van der Waals surface area contributed by atoms with E-state index in [1.807, 2.05) is 36.4 Å². The molecule has 0 unspecified atom stereocenters. The smallest absolute Gasteiger partial charge is 0.118 e. The summed E-state index contributed by atoms with van der Waals surface area (Å²) < 4.78 is 5.17. The van der Waals surface area contributed by atoms with Gasteiger partial charge in [0.15, 0.2) is 0 Å². The number of nitrogens with zero attached hydrogens (tertiary/aromatic N) is 1. The summed E-state index contributed by atoms with van der Waals surface area (Å²) in [4.78, 5) is 5.67. The number of thioether (sulfide) groups is 1. The molecule has 3 aromatic rings. The Labute approximate surface area is 133 Å². The SMILES string of the molecule is COc1ccc(SCc2ccc(Cl)c3cccnc23)cc1. The average molecular weight is 316 g/mol. The third kappa shape index (κ3) is 3.14. The summed E-state index contributed by atoms with van der Waals surface area (Å²) in [6.07, 6.45) is 1.81. The van der Waals surface area contributed by atoms with Gasteiger partial charge in [-0.05, 0) is 48.0 Å². The van der Waals surface area contributed by atoms with Crippen molar-refractivity contribution < 1.29 is 4.74 Å². The lowest BCUT2D eigenvalue weighted by molar-refractivity contribution is 0.414. The minimum absolute atomic E-state index is 0.747. The number of aromatic nitrogens is 1. The second-order valence-electron chi connectivity index (χ2n) is 4.57. The van der Waals surface area contributed by atoms with E-state index in [0.717, 1.165) is 27.4 Å². The molecule has 1 heterocycles. The van der Waals surface area contributed by atoms with Gasteiger partial charge >= 0.3 is 0 Å². The monoisotopic (exact) mass is 315 g/mol. The zero-order chi connectivity index (χ0) is 14.7. The third-order valence-electron chi connectivity index (χ3n) is 3.25. The Hall–Kier alpha value is -1.71. The number of pyridine rings is 1. The molecule has 2 aromatic carbocycles. The molecule has 0 aliphatic heterocycles. The van der Waals surface area contributed by atoms with Crippen molar-refractivity contribution >= 4 is 34.3 Å². The van der Waals surface area contributed by atoms with E-state index in [4.69, 9.17) is 16.3 Å². The molecule has 0 spiro atoms. The largest absolute Gasteiger partial charge is 0.497 e. The maximum Gasteiger partial charge on any atom is 0.118 e. The Morgan fingerprint density at radius 1 is 1.10 bits per heavy atom. The summed E-state index contributed by atoms with van der Waals surface area (Å²) in [5.74, 6) is 1.73. The van der Waals surface area contributed by atoms with Crippen LogP contribution in [0.2, 0.25) is 5.02 Å². The van der Waals surface area contributed by atoms with Gasteiger partial charge in [0.05, 0.1) is 12.6 Å². The highest BCUT2D eigenvalue weighted by Crippen LogP contribution is 2.30. The number of ether oxygens (including phenoxy) is 1. The molecule has 0 aliphatic carbocycles. The molecule has 0 radical (unpaired) electrons. The normalized spacial score (nSPS) is 10.8. The Bertz CT molecular complexity index is 758. The van der Waals surface area contributed by atoms with Crippen LogP contribution in [0.1, 0.15) is 5.56 Å². The predicted molar refractivity (Wildman–Crippen MR) is 89.3 cm³/mol. The predicted octanol–water partition coefficient (Wildman–Crippen LogP) is 5.19. The quantitative estimate of drug-likeness (QED) is 0.619. The number of methoxy groups -OCH3 is 1. The molecular weight excluding hydrogens is 302 g/mol. The van der Waals surface area contributed by atoms with E-state index in [1.165, 1.54) is 10.5 Å². The van der Waals surface area contributed by atoms with Crippen LogP contribution in [0.3, 0.4) is 0 Å². The van der Waals surface area contributed by atoms with Crippen molar-refractivity contribution in [3.8, 4) is 5.75 Å². The highest BCUT2D eigenvalue weighted by molar-refractivity contribution is 7.98. The molecule has 21 heavy (non-hydrogen) atoms. The first kappa shape index (κ1) is 14.2. The minimum Gasteiger partial charge on any atom is -0.497 e. The van der Waals surface area contributed by atoms with E-state index in [1.54, 1.807) is 25.1 Å². The highest BCUT2D eigenvalue weighted by atomic mass is 35.5. The number of hydrogen-bond donors (Lipinski definition) is 0. The van der Waals surface area contributed by atoms with Crippen LogP contribution < -0.4 is 4.74 Å². The molecule has 0 saturated carbocycles. The van der Waals surface area contributed by atoms with Gasteiger partial charge < -0.3 is 4.74 Å². The first-order valence-electron chi connectivity index (χ1n) is 6.57. The fourth-order valence-corrected chi connectivity index (χ4v) is 3.25. The summed E-state index contributed by atoms with van der Waals surface area (Å²) in [6.45, 7) is 0. The van der Waals surface area contributed by atoms with Gasteiger partial charge in [0, 0.05) is 27.3 Å². The Balaban J connectivity index is 1.83. The fourth-order valence-electron chi connectivity index (χ4n) is 2.15. The molecule has 0 amide bonds. The van der Waals surface area contributed by atoms with E-state index in [9.17, 15) is 0 Å². The van der Waals surface area contributed by atoms with Crippen LogP contribution in [0.15, 0.2) is 59.6 Å². The molecular formula is C17H14ClNOS. The number of halogens is 1. The van der Waals surface area contributed by atoms with Crippen LogP contribution in [-0.2, 0) is 5.75 Å². The second kappa shape index (κ2) is 6.37. The van der Waals surface area contributed by atoms with Gasteiger partial charge in [-0.25, -0.2) is 0 Å². The second-order valence-corrected chi connectivity index (χ2v) is 6.03. The maximum absolute atomic E-state index is 6.22. The van der Waals surface area contributed by atoms with Gasteiger partial charge in [0.25, 0.3) is 0 Å². The molecule has 0 saturated heterocycles.